The Morgan fingerprint density at radius 2 is 1.75 bits per heavy atom. The van der Waals surface area contributed by atoms with Gasteiger partial charge in [-0.15, -0.1) is 0 Å². The summed E-state index contributed by atoms with van der Waals surface area (Å²) in [6.07, 6.45) is -6.84. The zero-order chi connectivity index (χ0) is 9.94. The normalized spacial score (nSPS) is 18.0. The molecule has 0 aromatic rings. The highest BCUT2D eigenvalue weighted by molar-refractivity contribution is 4.78. The summed E-state index contributed by atoms with van der Waals surface area (Å²) in [7, 11) is 0. The molecule has 0 amide bonds. The highest BCUT2D eigenvalue weighted by Crippen LogP contribution is 2.23. The molecule has 0 saturated heterocycles. The Morgan fingerprint density at radius 3 is 2.00 bits per heavy atom. The molecular weight excluding hydrogens is 171 g/mol. The van der Waals surface area contributed by atoms with Gasteiger partial charge in [0.15, 0.2) is 6.10 Å². The molecule has 2 nitrogen and oxygen atoms in total. The molecule has 74 valence electrons. The van der Waals surface area contributed by atoms with Crippen LogP contribution >= 0.6 is 0 Å². The Morgan fingerprint density at radius 1 is 1.33 bits per heavy atom. The number of aliphatic hydroxyl groups is 1. The van der Waals surface area contributed by atoms with Gasteiger partial charge < -0.3 is 10.8 Å². The molecule has 3 N–H and O–H groups in total. The minimum absolute atomic E-state index is 0.0528. The van der Waals surface area contributed by atoms with Crippen LogP contribution in [0.4, 0.5) is 13.2 Å². The molecule has 2 unspecified atom stereocenters. The molecule has 0 saturated carbocycles. The molecule has 5 heteroatoms. The molecule has 0 aromatic carbocycles. The van der Waals surface area contributed by atoms with Gasteiger partial charge in [-0.1, -0.05) is 13.8 Å². The second-order valence-electron chi connectivity index (χ2n) is 3.28. The summed E-state index contributed by atoms with van der Waals surface area (Å²) in [5.74, 6) is 0.0528. The van der Waals surface area contributed by atoms with Crippen LogP contribution in [0.1, 0.15) is 20.3 Å². The zero-order valence-electron chi connectivity index (χ0n) is 7.10. The quantitative estimate of drug-likeness (QED) is 0.695. The highest BCUT2D eigenvalue weighted by atomic mass is 19.4. The van der Waals surface area contributed by atoms with Gasteiger partial charge >= 0.3 is 6.18 Å². The van der Waals surface area contributed by atoms with Crippen LogP contribution in [-0.4, -0.2) is 23.4 Å². The summed E-state index contributed by atoms with van der Waals surface area (Å²) >= 11 is 0. The lowest BCUT2D eigenvalue weighted by molar-refractivity contribution is -0.210. The molecule has 12 heavy (non-hydrogen) atoms. The fraction of sp³-hybridized carbons (Fsp3) is 1.00. The van der Waals surface area contributed by atoms with E-state index in [0.717, 1.165) is 0 Å². The SMILES string of the molecule is CC(C)CC(N)C(O)C(F)(F)F. The molecule has 0 radical (unpaired) electrons. The maximum atomic E-state index is 11.8. The van der Waals surface area contributed by atoms with E-state index in [1.54, 1.807) is 13.8 Å². The predicted molar refractivity (Wildman–Crippen MR) is 39.5 cm³/mol. The van der Waals surface area contributed by atoms with Crippen LogP contribution in [0, 0.1) is 5.92 Å². The van der Waals surface area contributed by atoms with Crippen LogP contribution in [0.2, 0.25) is 0 Å². The first-order chi connectivity index (χ1) is 5.25. The fourth-order valence-electron chi connectivity index (χ4n) is 0.916. The van der Waals surface area contributed by atoms with E-state index in [2.05, 4.69) is 0 Å². The molecule has 0 bridgehead atoms. The Bertz CT molecular complexity index is 135. The Balaban J connectivity index is 4.01. The maximum Gasteiger partial charge on any atom is 0.415 e. The van der Waals surface area contributed by atoms with E-state index in [-0.39, 0.29) is 12.3 Å². The number of hydrogen-bond acceptors (Lipinski definition) is 2. The van der Waals surface area contributed by atoms with Crippen molar-refractivity contribution < 1.29 is 18.3 Å². The first kappa shape index (κ1) is 11.7. The van der Waals surface area contributed by atoms with E-state index in [1.165, 1.54) is 0 Å². The van der Waals surface area contributed by atoms with Gasteiger partial charge in [-0.3, -0.25) is 0 Å². The number of halogens is 3. The molecular formula is C7H14F3NO. The molecule has 0 rings (SSSR count). The van der Waals surface area contributed by atoms with E-state index in [1.807, 2.05) is 0 Å². The molecule has 0 aliphatic carbocycles. The predicted octanol–water partition coefficient (Wildman–Crippen LogP) is 1.28. The van der Waals surface area contributed by atoms with Crippen LogP contribution < -0.4 is 5.73 Å². The van der Waals surface area contributed by atoms with Crippen molar-refractivity contribution in [2.24, 2.45) is 11.7 Å². The van der Waals surface area contributed by atoms with Gasteiger partial charge in [0.25, 0.3) is 0 Å². The second-order valence-corrected chi connectivity index (χ2v) is 3.28. The third-order valence-corrected chi connectivity index (χ3v) is 1.48. The van der Waals surface area contributed by atoms with Crippen molar-refractivity contribution >= 4 is 0 Å². The van der Waals surface area contributed by atoms with Crippen molar-refractivity contribution in [3.05, 3.63) is 0 Å². The average molecular weight is 185 g/mol. The zero-order valence-corrected chi connectivity index (χ0v) is 7.10. The Kier molecular flexibility index (Phi) is 3.99. The van der Waals surface area contributed by atoms with Crippen LogP contribution in [0.5, 0.6) is 0 Å². The van der Waals surface area contributed by atoms with Crippen molar-refractivity contribution in [3.8, 4) is 0 Å². The van der Waals surface area contributed by atoms with E-state index in [4.69, 9.17) is 10.8 Å². The summed E-state index contributed by atoms with van der Waals surface area (Å²) in [6, 6.07) is -1.22. The molecule has 0 spiro atoms. The molecule has 0 aliphatic heterocycles. The first-order valence-corrected chi connectivity index (χ1v) is 3.75. The Labute approximate surface area is 69.6 Å². The van der Waals surface area contributed by atoms with Crippen LogP contribution in [-0.2, 0) is 0 Å². The fourth-order valence-corrected chi connectivity index (χ4v) is 0.916. The average Bonchev–Trinajstić information content (AvgIpc) is 1.82. The molecule has 0 fully saturated rings. The van der Waals surface area contributed by atoms with Gasteiger partial charge in [0.1, 0.15) is 0 Å². The third-order valence-electron chi connectivity index (χ3n) is 1.48. The monoisotopic (exact) mass is 185 g/mol. The topological polar surface area (TPSA) is 46.2 Å². The van der Waals surface area contributed by atoms with E-state index < -0.39 is 18.3 Å². The van der Waals surface area contributed by atoms with Gasteiger partial charge in [0.2, 0.25) is 0 Å². The molecule has 2 atom stereocenters. The second kappa shape index (κ2) is 4.09. The van der Waals surface area contributed by atoms with Crippen molar-refractivity contribution in [2.75, 3.05) is 0 Å². The molecule has 0 aliphatic rings. The summed E-state index contributed by atoms with van der Waals surface area (Å²) < 4.78 is 35.5. The molecule has 0 aromatic heterocycles. The summed E-state index contributed by atoms with van der Waals surface area (Å²) in [5.41, 5.74) is 5.13. The summed E-state index contributed by atoms with van der Waals surface area (Å²) in [5, 5.41) is 8.65. The number of rotatable bonds is 3. The standard InChI is InChI=1S/C7H14F3NO/c1-4(2)3-5(11)6(12)7(8,9)10/h4-6,12H,3,11H2,1-2H3. The highest BCUT2D eigenvalue weighted by Gasteiger charge is 2.42. The van der Waals surface area contributed by atoms with Gasteiger partial charge in [-0.05, 0) is 12.3 Å². The van der Waals surface area contributed by atoms with Gasteiger partial charge in [-0.2, -0.15) is 13.2 Å². The molecule has 0 heterocycles. The van der Waals surface area contributed by atoms with E-state index in [9.17, 15) is 13.2 Å². The van der Waals surface area contributed by atoms with Crippen LogP contribution in [0.25, 0.3) is 0 Å². The minimum atomic E-state index is -4.60. The summed E-state index contributed by atoms with van der Waals surface area (Å²) in [6.45, 7) is 3.51. The maximum absolute atomic E-state index is 11.8. The van der Waals surface area contributed by atoms with Crippen molar-refractivity contribution in [1.29, 1.82) is 0 Å². The van der Waals surface area contributed by atoms with Gasteiger partial charge in [-0.25, -0.2) is 0 Å². The lowest BCUT2D eigenvalue weighted by atomic mass is 10.00. The largest absolute Gasteiger partial charge is 0.415 e. The summed E-state index contributed by atoms with van der Waals surface area (Å²) in [4.78, 5) is 0. The lowest BCUT2D eigenvalue weighted by Gasteiger charge is -2.22. The first-order valence-electron chi connectivity index (χ1n) is 3.75. The van der Waals surface area contributed by atoms with Crippen LogP contribution in [0.3, 0.4) is 0 Å². The number of alkyl halides is 3. The van der Waals surface area contributed by atoms with Crippen molar-refractivity contribution in [2.45, 2.75) is 38.6 Å². The van der Waals surface area contributed by atoms with E-state index >= 15 is 0 Å². The van der Waals surface area contributed by atoms with Crippen molar-refractivity contribution in [1.82, 2.24) is 0 Å². The van der Waals surface area contributed by atoms with Crippen molar-refractivity contribution in [3.63, 3.8) is 0 Å². The number of aliphatic hydroxyl groups excluding tert-OH is 1. The van der Waals surface area contributed by atoms with E-state index in [0.29, 0.717) is 0 Å². The Hall–Kier alpha value is -0.290. The smallest absolute Gasteiger partial charge is 0.382 e. The number of hydrogen-bond donors (Lipinski definition) is 2. The van der Waals surface area contributed by atoms with Crippen LogP contribution in [0.15, 0.2) is 0 Å². The lowest BCUT2D eigenvalue weighted by Crippen LogP contribution is -2.45. The number of nitrogens with two attached hydrogens (primary N) is 1. The minimum Gasteiger partial charge on any atom is -0.382 e. The van der Waals surface area contributed by atoms with Gasteiger partial charge in [0.05, 0.1) is 0 Å². The van der Waals surface area contributed by atoms with Gasteiger partial charge in [0, 0.05) is 6.04 Å². The third kappa shape index (κ3) is 3.92.